The van der Waals surface area contributed by atoms with Gasteiger partial charge in [0, 0.05) is 31.4 Å². The molecule has 5 nitrogen and oxygen atoms in total. The summed E-state index contributed by atoms with van der Waals surface area (Å²) in [4.78, 5) is 14.8. The summed E-state index contributed by atoms with van der Waals surface area (Å²) < 4.78 is 0. The number of nitrogens with one attached hydrogen (secondary N) is 2. The molecule has 2 aromatic rings. The van der Waals surface area contributed by atoms with Gasteiger partial charge >= 0.3 is 0 Å². The van der Waals surface area contributed by atoms with Gasteiger partial charge in [-0.25, -0.2) is 0 Å². The number of benzene rings is 1. The molecule has 2 N–H and O–H groups in total. The van der Waals surface area contributed by atoms with E-state index in [1.165, 1.54) is 5.56 Å². The maximum Gasteiger partial charge on any atom is 0.254 e. The number of H-pyrrole nitrogens is 1. The van der Waals surface area contributed by atoms with E-state index in [2.05, 4.69) is 51.6 Å². The van der Waals surface area contributed by atoms with Gasteiger partial charge in [-0.15, -0.1) is 0 Å². The van der Waals surface area contributed by atoms with Crippen molar-refractivity contribution >= 4 is 5.91 Å². The first kappa shape index (κ1) is 15.7. The third kappa shape index (κ3) is 3.79. The molecule has 1 aromatic heterocycles. The number of aromatic nitrogens is 2. The first-order valence-corrected chi connectivity index (χ1v) is 8.20. The number of hydrogen-bond acceptors (Lipinski definition) is 3. The highest BCUT2D eigenvalue weighted by atomic mass is 16.1. The van der Waals surface area contributed by atoms with Gasteiger partial charge in [0.2, 0.25) is 0 Å². The fourth-order valence-corrected chi connectivity index (χ4v) is 3.26. The van der Waals surface area contributed by atoms with Crippen molar-refractivity contribution in [3.05, 3.63) is 53.3 Å². The Labute approximate surface area is 137 Å². The Morgan fingerprint density at radius 3 is 2.83 bits per heavy atom. The van der Waals surface area contributed by atoms with Crippen LogP contribution in [0.15, 0.2) is 36.5 Å². The quantitative estimate of drug-likeness (QED) is 0.911. The lowest BCUT2D eigenvalue weighted by molar-refractivity contribution is 0.0860. The molecule has 1 amide bonds. The Balaban J connectivity index is 1.54. The molecule has 0 radical (unpaired) electrons. The van der Waals surface area contributed by atoms with Gasteiger partial charge < -0.3 is 5.32 Å². The molecule has 3 rings (SSSR count). The first-order valence-electron chi connectivity index (χ1n) is 8.20. The van der Waals surface area contributed by atoms with Crippen LogP contribution in [0.4, 0.5) is 0 Å². The Morgan fingerprint density at radius 1 is 1.39 bits per heavy atom. The van der Waals surface area contributed by atoms with Crippen molar-refractivity contribution in [3.8, 4) is 0 Å². The Morgan fingerprint density at radius 2 is 2.17 bits per heavy atom. The molecule has 23 heavy (non-hydrogen) atoms. The fraction of sp³-hybridized carbons (Fsp3) is 0.444. The fourth-order valence-electron chi connectivity index (χ4n) is 3.26. The lowest BCUT2D eigenvalue weighted by atomic mass is 9.93. The number of piperidine rings is 1. The van der Waals surface area contributed by atoms with E-state index >= 15 is 0 Å². The van der Waals surface area contributed by atoms with E-state index < -0.39 is 0 Å². The van der Waals surface area contributed by atoms with Crippen LogP contribution in [-0.2, 0) is 6.54 Å². The van der Waals surface area contributed by atoms with Crippen molar-refractivity contribution in [2.45, 2.75) is 32.9 Å². The predicted octanol–water partition coefficient (Wildman–Crippen LogP) is 2.36. The molecule has 0 spiro atoms. The number of nitrogens with zero attached hydrogens (tertiary/aromatic N) is 2. The van der Waals surface area contributed by atoms with E-state index in [9.17, 15) is 4.79 Å². The summed E-state index contributed by atoms with van der Waals surface area (Å²) in [6.45, 7) is 7.07. The molecule has 1 fully saturated rings. The number of aromatic amines is 1. The van der Waals surface area contributed by atoms with Crippen LogP contribution in [0.5, 0.6) is 0 Å². The topological polar surface area (TPSA) is 61.0 Å². The molecule has 1 aromatic carbocycles. The third-order valence-electron chi connectivity index (χ3n) is 4.63. The van der Waals surface area contributed by atoms with Gasteiger partial charge in [0.15, 0.2) is 0 Å². The molecule has 5 heteroatoms. The molecule has 1 aliphatic rings. The summed E-state index contributed by atoms with van der Waals surface area (Å²) in [7, 11) is 0. The van der Waals surface area contributed by atoms with Gasteiger partial charge in [0.05, 0.1) is 11.8 Å². The minimum atomic E-state index is -0.0235. The van der Waals surface area contributed by atoms with E-state index in [1.807, 2.05) is 13.0 Å². The van der Waals surface area contributed by atoms with Crippen molar-refractivity contribution < 1.29 is 4.79 Å². The van der Waals surface area contributed by atoms with Gasteiger partial charge in [0.25, 0.3) is 5.91 Å². The lowest BCUT2D eigenvalue weighted by Gasteiger charge is -2.37. The number of carbonyl (C=O) groups excluding carboxylic acids is 1. The monoisotopic (exact) mass is 312 g/mol. The van der Waals surface area contributed by atoms with Gasteiger partial charge in [-0.1, -0.05) is 37.3 Å². The first-order chi connectivity index (χ1) is 11.1. The SMILES string of the molecule is Cc1[nH]ncc1C(=O)N[C@H]1CCN(Cc2ccccc2)C[C@H]1C. The molecule has 122 valence electrons. The van der Waals surface area contributed by atoms with E-state index in [4.69, 9.17) is 0 Å². The smallest absolute Gasteiger partial charge is 0.254 e. The average molecular weight is 312 g/mol. The van der Waals surface area contributed by atoms with Crippen LogP contribution in [0.1, 0.15) is 35.0 Å². The summed E-state index contributed by atoms with van der Waals surface area (Å²) in [5.74, 6) is 0.410. The number of likely N-dealkylation sites (tertiary alicyclic amines) is 1. The number of carbonyl (C=O) groups is 1. The van der Waals surface area contributed by atoms with E-state index in [0.717, 1.165) is 31.7 Å². The Kier molecular flexibility index (Phi) is 4.76. The second kappa shape index (κ2) is 6.96. The van der Waals surface area contributed by atoms with Gasteiger partial charge in [-0.05, 0) is 24.8 Å². The second-order valence-electron chi connectivity index (χ2n) is 6.48. The molecular weight excluding hydrogens is 288 g/mol. The number of rotatable bonds is 4. The normalized spacial score (nSPS) is 22.0. The van der Waals surface area contributed by atoms with Gasteiger partial charge in [-0.2, -0.15) is 5.10 Å². The van der Waals surface area contributed by atoms with Crippen LogP contribution >= 0.6 is 0 Å². The predicted molar refractivity (Wildman–Crippen MR) is 90.1 cm³/mol. The average Bonchev–Trinajstić information content (AvgIpc) is 2.97. The molecule has 0 aliphatic carbocycles. The number of amides is 1. The lowest BCUT2D eigenvalue weighted by Crippen LogP contribution is -2.49. The molecule has 2 atom stereocenters. The maximum atomic E-state index is 12.3. The highest BCUT2D eigenvalue weighted by molar-refractivity contribution is 5.95. The van der Waals surface area contributed by atoms with Crippen molar-refractivity contribution in [2.24, 2.45) is 5.92 Å². The van der Waals surface area contributed by atoms with E-state index in [0.29, 0.717) is 11.5 Å². The zero-order chi connectivity index (χ0) is 16.2. The summed E-state index contributed by atoms with van der Waals surface area (Å²) in [6, 6.07) is 10.8. The van der Waals surface area contributed by atoms with Crippen molar-refractivity contribution in [1.29, 1.82) is 0 Å². The maximum absolute atomic E-state index is 12.3. The summed E-state index contributed by atoms with van der Waals surface area (Å²) >= 11 is 0. The number of aryl methyl sites for hydroxylation is 1. The van der Waals surface area contributed by atoms with E-state index in [-0.39, 0.29) is 11.9 Å². The zero-order valence-electron chi connectivity index (χ0n) is 13.7. The molecule has 0 saturated carbocycles. The van der Waals surface area contributed by atoms with Crippen molar-refractivity contribution in [2.75, 3.05) is 13.1 Å². The minimum Gasteiger partial charge on any atom is -0.349 e. The number of hydrogen-bond donors (Lipinski definition) is 2. The van der Waals surface area contributed by atoms with Crippen LogP contribution < -0.4 is 5.32 Å². The summed E-state index contributed by atoms with van der Waals surface area (Å²) in [6.07, 6.45) is 2.58. The molecule has 2 heterocycles. The Hall–Kier alpha value is -2.14. The molecule has 0 bridgehead atoms. The summed E-state index contributed by atoms with van der Waals surface area (Å²) in [5.41, 5.74) is 2.80. The molecular formula is C18H24N4O. The largest absolute Gasteiger partial charge is 0.349 e. The summed E-state index contributed by atoms with van der Waals surface area (Å²) in [5, 5.41) is 9.90. The van der Waals surface area contributed by atoms with Crippen LogP contribution in [0, 0.1) is 12.8 Å². The standard InChI is InChI=1S/C18H24N4O/c1-13-11-22(12-15-6-4-3-5-7-15)9-8-17(13)20-18(23)16-10-19-21-14(16)2/h3-7,10,13,17H,8-9,11-12H2,1-2H3,(H,19,21)(H,20,23)/t13-,17+/m1/s1. The van der Waals surface area contributed by atoms with Crippen LogP contribution in [0.2, 0.25) is 0 Å². The van der Waals surface area contributed by atoms with Crippen LogP contribution in [-0.4, -0.2) is 40.1 Å². The van der Waals surface area contributed by atoms with Crippen molar-refractivity contribution in [1.82, 2.24) is 20.4 Å². The van der Waals surface area contributed by atoms with E-state index in [1.54, 1.807) is 6.20 Å². The second-order valence-corrected chi connectivity index (χ2v) is 6.48. The minimum absolute atomic E-state index is 0.0235. The highest BCUT2D eigenvalue weighted by Crippen LogP contribution is 2.19. The van der Waals surface area contributed by atoms with Gasteiger partial charge in [-0.3, -0.25) is 14.8 Å². The molecule has 1 aliphatic heterocycles. The molecule has 0 unspecified atom stereocenters. The van der Waals surface area contributed by atoms with Crippen molar-refractivity contribution in [3.63, 3.8) is 0 Å². The van der Waals surface area contributed by atoms with Crippen LogP contribution in [0.3, 0.4) is 0 Å². The third-order valence-corrected chi connectivity index (χ3v) is 4.63. The molecule has 1 saturated heterocycles. The Bertz CT molecular complexity index is 652. The highest BCUT2D eigenvalue weighted by Gasteiger charge is 2.28. The van der Waals surface area contributed by atoms with Crippen LogP contribution in [0.25, 0.3) is 0 Å². The zero-order valence-corrected chi connectivity index (χ0v) is 13.7. The van der Waals surface area contributed by atoms with Gasteiger partial charge in [0.1, 0.15) is 0 Å².